The number of ether oxygens (including phenoxy) is 1. The van der Waals surface area contributed by atoms with Crippen molar-refractivity contribution in [3.63, 3.8) is 0 Å². The summed E-state index contributed by atoms with van der Waals surface area (Å²) in [4.78, 5) is 27.8. The number of hydrogen-bond donors (Lipinski definition) is 1. The van der Waals surface area contributed by atoms with Crippen LogP contribution in [0, 0.1) is 6.92 Å². The zero-order valence-corrected chi connectivity index (χ0v) is 17.9. The molecule has 0 atom stereocenters. The Balaban J connectivity index is 1.60. The van der Waals surface area contributed by atoms with Crippen LogP contribution in [0.25, 0.3) is 11.1 Å². The molecule has 6 heteroatoms. The summed E-state index contributed by atoms with van der Waals surface area (Å²) in [7, 11) is 1.59. The van der Waals surface area contributed by atoms with E-state index in [1.807, 2.05) is 48.7 Å². The number of rotatable bonds is 5. The summed E-state index contributed by atoms with van der Waals surface area (Å²) in [5.41, 5.74) is 4.44. The van der Waals surface area contributed by atoms with Crippen molar-refractivity contribution in [3.05, 3.63) is 64.4 Å². The van der Waals surface area contributed by atoms with Gasteiger partial charge in [-0.2, -0.15) is 0 Å². The lowest BCUT2D eigenvalue weighted by Crippen LogP contribution is -2.35. The van der Waals surface area contributed by atoms with E-state index in [4.69, 9.17) is 4.74 Å². The summed E-state index contributed by atoms with van der Waals surface area (Å²) in [6.07, 6.45) is 2.41. The van der Waals surface area contributed by atoms with Gasteiger partial charge in [0, 0.05) is 24.2 Å². The minimum absolute atomic E-state index is 0.0861. The Hall–Kier alpha value is -3.12. The maximum Gasteiger partial charge on any atom is 0.266 e. The van der Waals surface area contributed by atoms with Crippen LogP contribution in [0.1, 0.15) is 34.5 Å². The maximum atomic E-state index is 13.0. The lowest BCUT2D eigenvalue weighted by Gasteiger charge is -2.28. The predicted molar refractivity (Wildman–Crippen MR) is 122 cm³/mol. The molecule has 0 saturated carbocycles. The topological polar surface area (TPSA) is 58.6 Å². The van der Waals surface area contributed by atoms with Gasteiger partial charge in [0.25, 0.3) is 5.91 Å². The van der Waals surface area contributed by atoms with Gasteiger partial charge in [-0.3, -0.25) is 9.59 Å². The van der Waals surface area contributed by atoms with Crippen molar-refractivity contribution in [2.75, 3.05) is 23.9 Å². The Kier molecular flexibility index (Phi) is 5.86. The monoisotopic (exact) mass is 420 g/mol. The quantitative estimate of drug-likeness (QED) is 0.593. The first kappa shape index (κ1) is 20.2. The van der Waals surface area contributed by atoms with Gasteiger partial charge in [0.1, 0.15) is 5.75 Å². The van der Waals surface area contributed by atoms with Gasteiger partial charge in [0.2, 0.25) is 5.91 Å². The molecule has 30 heavy (non-hydrogen) atoms. The van der Waals surface area contributed by atoms with Crippen LogP contribution < -0.4 is 15.0 Å². The molecule has 2 aromatic carbocycles. The standard InChI is InChI=1S/C24H24N2O3S/c1-16-6-8-17(9-7-16)19-12-14-30-23(19)24(28)25-18-10-11-21(29-2)20(15-18)26-13-4-3-5-22(26)27/h6-12,14-15H,3-5,13H2,1-2H3,(H,25,28). The van der Waals surface area contributed by atoms with E-state index in [0.29, 0.717) is 35.0 Å². The van der Waals surface area contributed by atoms with Crippen LogP contribution in [0.5, 0.6) is 5.75 Å². The molecule has 1 aromatic heterocycles. The van der Waals surface area contributed by atoms with E-state index in [-0.39, 0.29) is 11.8 Å². The van der Waals surface area contributed by atoms with E-state index in [0.717, 1.165) is 24.0 Å². The summed E-state index contributed by atoms with van der Waals surface area (Å²) in [6, 6.07) is 15.5. The molecular weight excluding hydrogens is 396 g/mol. The van der Waals surface area contributed by atoms with Gasteiger partial charge in [0.05, 0.1) is 17.7 Å². The molecule has 3 aromatic rings. The minimum Gasteiger partial charge on any atom is -0.495 e. The van der Waals surface area contributed by atoms with Gasteiger partial charge in [0.15, 0.2) is 0 Å². The number of nitrogens with zero attached hydrogens (tertiary/aromatic N) is 1. The van der Waals surface area contributed by atoms with Crippen LogP contribution in [-0.4, -0.2) is 25.5 Å². The third kappa shape index (κ3) is 4.09. The Bertz CT molecular complexity index is 1070. The third-order valence-corrected chi connectivity index (χ3v) is 6.20. The molecule has 1 aliphatic heterocycles. The number of benzene rings is 2. The predicted octanol–water partition coefficient (Wildman–Crippen LogP) is 5.50. The molecule has 4 rings (SSSR count). The number of thiophene rings is 1. The van der Waals surface area contributed by atoms with Crippen molar-refractivity contribution in [2.45, 2.75) is 26.2 Å². The molecule has 2 heterocycles. The molecule has 1 saturated heterocycles. The fourth-order valence-electron chi connectivity index (χ4n) is 3.67. The highest BCUT2D eigenvalue weighted by Gasteiger charge is 2.23. The molecule has 0 aliphatic carbocycles. The Morgan fingerprint density at radius 1 is 1.10 bits per heavy atom. The summed E-state index contributed by atoms with van der Waals surface area (Å²) in [6.45, 7) is 2.70. The average Bonchev–Trinajstić information content (AvgIpc) is 3.25. The molecule has 5 nitrogen and oxygen atoms in total. The van der Waals surface area contributed by atoms with Gasteiger partial charge in [-0.05, 0) is 55.0 Å². The van der Waals surface area contributed by atoms with E-state index < -0.39 is 0 Å². The second-order valence-electron chi connectivity index (χ2n) is 7.37. The number of amides is 2. The van der Waals surface area contributed by atoms with Crippen molar-refractivity contribution in [3.8, 4) is 16.9 Å². The smallest absolute Gasteiger partial charge is 0.266 e. The summed E-state index contributed by atoms with van der Waals surface area (Å²) >= 11 is 1.41. The minimum atomic E-state index is -0.165. The van der Waals surface area contributed by atoms with Crippen molar-refractivity contribution in [2.24, 2.45) is 0 Å². The van der Waals surface area contributed by atoms with Gasteiger partial charge in [-0.15, -0.1) is 11.3 Å². The van der Waals surface area contributed by atoms with Crippen molar-refractivity contribution < 1.29 is 14.3 Å². The zero-order chi connectivity index (χ0) is 21.1. The van der Waals surface area contributed by atoms with Gasteiger partial charge >= 0.3 is 0 Å². The highest BCUT2D eigenvalue weighted by molar-refractivity contribution is 7.12. The number of aryl methyl sites for hydroxylation is 1. The van der Waals surface area contributed by atoms with Gasteiger partial charge in [-0.1, -0.05) is 29.8 Å². The van der Waals surface area contributed by atoms with Gasteiger partial charge < -0.3 is 15.0 Å². The number of carbonyl (C=O) groups is 2. The second kappa shape index (κ2) is 8.71. The number of nitrogens with one attached hydrogen (secondary N) is 1. The SMILES string of the molecule is COc1ccc(NC(=O)c2sccc2-c2ccc(C)cc2)cc1N1CCCCC1=O. The highest BCUT2D eigenvalue weighted by atomic mass is 32.1. The Labute approximate surface area is 180 Å². The van der Waals surface area contributed by atoms with Crippen LogP contribution in [0.4, 0.5) is 11.4 Å². The molecule has 0 bridgehead atoms. The van der Waals surface area contributed by atoms with Crippen molar-refractivity contribution in [1.82, 2.24) is 0 Å². The highest BCUT2D eigenvalue weighted by Crippen LogP contribution is 2.35. The largest absolute Gasteiger partial charge is 0.495 e. The fraction of sp³-hybridized carbons (Fsp3) is 0.250. The van der Waals surface area contributed by atoms with Crippen LogP contribution in [0.15, 0.2) is 53.9 Å². The van der Waals surface area contributed by atoms with E-state index >= 15 is 0 Å². The summed E-state index contributed by atoms with van der Waals surface area (Å²) < 4.78 is 5.46. The molecule has 1 N–H and O–H groups in total. The summed E-state index contributed by atoms with van der Waals surface area (Å²) in [5.74, 6) is 0.546. The lowest BCUT2D eigenvalue weighted by molar-refractivity contribution is -0.119. The maximum absolute atomic E-state index is 13.0. The van der Waals surface area contributed by atoms with Crippen LogP contribution in [0.2, 0.25) is 0 Å². The van der Waals surface area contributed by atoms with E-state index in [9.17, 15) is 9.59 Å². The van der Waals surface area contributed by atoms with E-state index in [2.05, 4.69) is 5.32 Å². The van der Waals surface area contributed by atoms with Crippen molar-refractivity contribution in [1.29, 1.82) is 0 Å². The third-order valence-electron chi connectivity index (χ3n) is 5.28. The van der Waals surface area contributed by atoms with Crippen LogP contribution in [-0.2, 0) is 4.79 Å². The molecule has 2 amide bonds. The molecule has 0 unspecified atom stereocenters. The zero-order valence-electron chi connectivity index (χ0n) is 17.1. The van der Waals surface area contributed by atoms with E-state index in [1.165, 1.54) is 16.9 Å². The number of piperidine rings is 1. The fourth-order valence-corrected chi connectivity index (χ4v) is 4.48. The first-order chi connectivity index (χ1) is 14.6. The molecule has 154 valence electrons. The van der Waals surface area contributed by atoms with Crippen molar-refractivity contribution >= 4 is 34.5 Å². The number of methoxy groups -OCH3 is 1. The number of hydrogen-bond acceptors (Lipinski definition) is 4. The van der Waals surface area contributed by atoms with Gasteiger partial charge in [-0.25, -0.2) is 0 Å². The molecule has 0 radical (unpaired) electrons. The molecule has 1 aliphatic rings. The van der Waals surface area contributed by atoms with Crippen LogP contribution in [0.3, 0.4) is 0 Å². The Morgan fingerprint density at radius 3 is 2.63 bits per heavy atom. The van der Waals surface area contributed by atoms with E-state index in [1.54, 1.807) is 24.1 Å². The first-order valence-corrected chi connectivity index (χ1v) is 10.9. The first-order valence-electron chi connectivity index (χ1n) is 10.0. The lowest BCUT2D eigenvalue weighted by atomic mass is 10.0. The molecular formula is C24H24N2O3S. The Morgan fingerprint density at radius 2 is 1.90 bits per heavy atom. The van der Waals surface area contributed by atoms with Crippen LogP contribution >= 0.6 is 11.3 Å². The number of anilines is 2. The average molecular weight is 421 g/mol. The summed E-state index contributed by atoms with van der Waals surface area (Å²) in [5, 5.41) is 4.92. The normalized spacial score (nSPS) is 13.9. The molecule has 1 fully saturated rings. The second-order valence-corrected chi connectivity index (χ2v) is 8.29. The molecule has 0 spiro atoms. The number of carbonyl (C=O) groups excluding carboxylic acids is 2.